The maximum Gasteiger partial charge on any atom is 0.252 e. The SMILES string of the molecule is O=C(NCC(O)Cc1ccccc1)c1ccc(Cl)cc1Cl. The van der Waals surface area contributed by atoms with Crippen molar-refractivity contribution in [3.05, 3.63) is 69.7 Å². The molecule has 0 aliphatic rings. The molecule has 21 heavy (non-hydrogen) atoms. The molecule has 0 saturated carbocycles. The third-order valence-corrected chi connectivity index (χ3v) is 3.54. The molecule has 0 radical (unpaired) electrons. The second-order valence-corrected chi connectivity index (χ2v) is 5.52. The van der Waals surface area contributed by atoms with Crippen molar-refractivity contribution in [2.24, 2.45) is 0 Å². The maximum atomic E-state index is 12.0. The molecular weight excluding hydrogens is 309 g/mol. The van der Waals surface area contributed by atoms with Gasteiger partial charge in [-0.25, -0.2) is 0 Å². The largest absolute Gasteiger partial charge is 0.391 e. The first-order valence-corrected chi connectivity index (χ1v) is 7.27. The molecule has 0 heterocycles. The Morgan fingerprint density at radius 2 is 1.86 bits per heavy atom. The smallest absolute Gasteiger partial charge is 0.252 e. The molecule has 0 bridgehead atoms. The van der Waals surface area contributed by atoms with Gasteiger partial charge >= 0.3 is 0 Å². The van der Waals surface area contributed by atoms with Crippen molar-refractivity contribution >= 4 is 29.1 Å². The van der Waals surface area contributed by atoms with E-state index < -0.39 is 6.10 Å². The minimum Gasteiger partial charge on any atom is -0.391 e. The van der Waals surface area contributed by atoms with E-state index in [1.165, 1.54) is 6.07 Å². The number of benzene rings is 2. The molecule has 2 N–H and O–H groups in total. The molecule has 0 fully saturated rings. The Labute approximate surface area is 133 Å². The highest BCUT2D eigenvalue weighted by Gasteiger charge is 2.12. The molecule has 0 spiro atoms. The molecule has 110 valence electrons. The second-order valence-electron chi connectivity index (χ2n) is 4.68. The predicted octanol–water partition coefficient (Wildman–Crippen LogP) is 3.33. The first kappa shape index (κ1) is 15.8. The summed E-state index contributed by atoms with van der Waals surface area (Å²) in [6, 6.07) is 14.3. The summed E-state index contributed by atoms with van der Waals surface area (Å²) in [6.45, 7) is 0.159. The van der Waals surface area contributed by atoms with Gasteiger partial charge in [0.1, 0.15) is 0 Å². The van der Waals surface area contributed by atoms with Gasteiger partial charge in [0.15, 0.2) is 0 Å². The Morgan fingerprint density at radius 1 is 1.14 bits per heavy atom. The van der Waals surface area contributed by atoms with Gasteiger partial charge in [-0.15, -0.1) is 0 Å². The van der Waals surface area contributed by atoms with Crippen LogP contribution in [0.5, 0.6) is 0 Å². The number of nitrogens with one attached hydrogen (secondary N) is 1. The fraction of sp³-hybridized carbons (Fsp3) is 0.188. The van der Waals surface area contributed by atoms with Gasteiger partial charge in [0.05, 0.1) is 16.7 Å². The summed E-state index contributed by atoms with van der Waals surface area (Å²) in [4.78, 5) is 12.0. The molecule has 1 atom stereocenters. The summed E-state index contributed by atoms with van der Waals surface area (Å²) in [7, 11) is 0. The Bertz CT molecular complexity index is 617. The average molecular weight is 324 g/mol. The molecule has 2 aromatic carbocycles. The van der Waals surface area contributed by atoms with Crippen LogP contribution in [0.1, 0.15) is 15.9 Å². The summed E-state index contributed by atoms with van der Waals surface area (Å²) >= 11 is 11.7. The average Bonchev–Trinajstić information content (AvgIpc) is 2.46. The molecule has 1 amide bonds. The number of hydrogen-bond donors (Lipinski definition) is 2. The lowest BCUT2D eigenvalue weighted by molar-refractivity contribution is 0.0916. The molecule has 0 aromatic heterocycles. The molecule has 0 aliphatic carbocycles. The van der Waals surface area contributed by atoms with E-state index >= 15 is 0 Å². The van der Waals surface area contributed by atoms with Gasteiger partial charge in [-0.2, -0.15) is 0 Å². The number of aliphatic hydroxyl groups excluding tert-OH is 1. The highest BCUT2D eigenvalue weighted by molar-refractivity contribution is 6.36. The summed E-state index contributed by atoms with van der Waals surface area (Å²) in [5, 5.41) is 13.4. The van der Waals surface area contributed by atoms with Crippen molar-refractivity contribution in [1.29, 1.82) is 0 Å². The van der Waals surface area contributed by atoms with Crippen molar-refractivity contribution in [2.45, 2.75) is 12.5 Å². The number of halogens is 2. The van der Waals surface area contributed by atoms with Gasteiger partial charge < -0.3 is 10.4 Å². The molecule has 2 rings (SSSR count). The lowest BCUT2D eigenvalue weighted by Crippen LogP contribution is -2.33. The van der Waals surface area contributed by atoms with E-state index in [9.17, 15) is 9.90 Å². The number of hydrogen-bond acceptors (Lipinski definition) is 2. The lowest BCUT2D eigenvalue weighted by atomic mass is 10.1. The fourth-order valence-electron chi connectivity index (χ4n) is 1.94. The monoisotopic (exact) mass is 323 g/mol. The first-order chi connectivity index (χ1) is 10.1. The lowest BCUT2D eigenvalue weighted by Gasteiger charge is -2.12. The highest BCUT2D eigenvalue weighted by atomic mass is 35.5. The van der Waals surface area contributed by atoms with E-state index in [0.717, 1.165) is 5.56 Å². The summed E-state index contributed by atoms with van der Waals surface area (Å²) in [5.74, 6) is -0.330. The van der Waals surface area contributed by atoms with Crippen molar-refractivity contribution in [3.63, 3.8) is 0 Å². The first-order valence-electron chi connectivity index (χ1n) is 6.51. The Hall–Kier alpha value is -1.55. The van der Waals surface area contributed by atoms with E-state index in [-0.39, 0.29) is 17.5 Å². The molecular formula is C16H15Cl2NO2. The van der Waals surface area contributed by atoms with E-state index in [1.54, 1.807) is 12.1 Å². The fourth-order valence-corrected chi connectivity index (χ4v) is 2.43. The van der Waals surface area contributed by atoms with E-state index in [1.807, 2.05) is 30.3 Å². The van der Waals surface area contributed by atoms with E-state index in [4.69, 9.17) is 23.2 Å². The van der Waals surface area contributed by atoms with Crippen LogP contribution in [-0.2, 0) is 6.42 Å². The predicted molar refractivity (Wildman–Crippen MR) is 84.9 cm³/mol. The molecule has 2 aromatic rings. The number of amides is 1. The summed E-state index contributed by atoms with van der Waals surface area (Å²) < 4.78 is 0. The van der Waals surface area contributed by atoms with Crippen LogP contribution in [0, 0.1) is 0 Å². The van der Waals surface area contributed by atoms with Gasteiger partial charge in [0.2, 0.25) is 0 Å². The highest BCUT2D eigenvalue weighted by Crippen LogP contribution is 2.20. The number of rotatable bonds is 5. The number of carbonyl (C=O) groups excluding carboxylic acids is 1. The molecule has 0 aliphatic heterocycles. The zero-order chi connectivity index (χ0) is 15.2. The third-order valence-electron chi connectivity index (χ3n) is 2.99. The van der Waals surface area contributed by atoms with Crippen LogP contribution < -0.4 is 5.32 Å². The quantitative estimate of drug-likeness (QED) is 0.886. The molecule has 0 saturated heterocycles. The normalized spacial score (nSPS) is 12.0. The topological polar surface area (TPSA) is 49.3 Å². The van der Waals surface area contributed by atoms with E-state index in [2.05, 4.69) is 5.32 Å². The second kappa shape index (κ2) is 7.46. The standard InChI is InChI=1S/C16H15Cl2NO2/c17-12-6-7-14(15(18)9-12)16(21)19-10-13(20)8-11-4-2-1-3-5-11/h1-7,9,13,20H,8,10H2,(H,19,21). The van der Waals surface area contributed by atoms with Gasteiger partial charge in [0, 0.05) is 18.0 Å². The Balaban J connectivity index is 1.89. The minimum absolute atomic E-state index is 0.159. The van der Waals surface area contributed by atoms with Gasteiger partial charge in [-0.3, -0.25) is 4.79 Å². The zero-order valence-electron chi connectivity index (χ0n) is 11.2. The van der Waals surface area contributed by atoms with Crippen LogP contribution in [0.25, 0.3) is 0 Å². The van der Waals surface area contributed by atoms with E-state index in [0.29, 0.717) is 17.0 Å². The van der Waals surface area contributed by atoms with Crippen LogP contribution in [0.4, 0.5) is 0 Å². The maximum absolute atomic E-state index is 12.0. The Morgan fingerprint density at radius 3 is 2.52 bits per heavy atom. The summed E-state index contributed by atoms with van der Waals surface area (Å²) in [6.07, 6.45) is -0.169. The van der Waals surface area contributed by atoms with Crippen molar-refractivity contribution < 1.29 is 9.90 Å². The van der Waals surface area contributed by atoms with Crippen LogP contribution in [0.2, 0.25) is 10.0 Å². The molecule has 3 nitrogen and oxygen atoms in total. The summed E-state index contributed by atoms with van der Waals surface area (Å²) in [5.41, 5.74) is 1.36. The van der Waals surface area contributed by atoms with Crippen LogP contribution in [0.3, 0.4) is 0 Å². The molecule has 5 heteroatoms. The van der Waals surface area contributed by atoms with Crippen molar-refractivity contribution in [3.8, 4) is 0 Å². The Kier molecular flexibility index (Phi) is 5.62. The zero-order valence-corrected chi connectivity index (χ0v) is 12.7. The van der Waals surface area contributed by atoms with Crippen LogP contribution in [-0.4, -0.2) is 23.7 Å². The molecule has 1 unspecified atom stereocenters. The van der Waals surface area contributed by atoms with Crippen molar-refractivity contribution in [1.82, 2.24) is 5.32 Å². The van der Waals surface area contributed by atoms with Gasteiger partial charge in [-0.05, 0) is 23.8 Å². The number of aliphatic hydroxyl groups is 1. The minimum atomic E-state index is -0.651. The van der Waals surface area contributed by atoms with Gasteiger partial charge in [-0.1, -0.05) is 53.5 Å². The van der Waals surface area contributed by atoms with Crippen LogP contribution in [0.15, 0.2) is 48.5 Å². The number of carbonyl (C=O) groups is 1. The van der Waals surface area contributed by atoms with Gasteiger partial charge in [0.25, 0.3) is 5.91 Å². The van der Waals surface area contributed by atoms with Crippen LogP contribution >= 0.6 is 23.2 Å². The third kappa shape index (κ3) is 4.74. The van der Waals surface area contributed by atoms with Crippen molar-refractivity contribution in [2.75, 3.05) is 6.54 Å².